The molecule has 1 amide bonds. The van der Waals surface area contributed by atoms with Gasteiger partial charge < -0.3 is 10.1 Å². The molecule has 0 radical (unpaired) electrons. The van der Waals surface area contributed by atoms with E-state index in [0.29, 0.717) is 5.92 Å². The maximum absolute atomic E-state index is 11.2. The fourth-order valence-corrected chi connectivity index (χ4v) is 1.10. The standard InChI is InChI=1S/C10H17NO2/c1-5-7-6-8(7)11-9(12)13-10(2,3)4/h5,7-8H,1,6H2,2-4H3,(H,11,12)/t7-,8?/m1/s1. The summed E-state index contributed by atoms with van der Waals surface area (Å²) >= 11 is 0. The summed E-state index contributed by atoms with van der Waals surface area (Å²) in [5.74, 6) is 0.438. The van der Waals surface area contributed by atoms with E-state index in [4.69, 9.17) is 4.74 Å². The van der Waals surface area contributed by atoms with Gasteiger partial charge in [0.2, 0.25) is 0 Å². The number of hydrogen-bond donors (Lipinski definition) is 1. The molecule has 0 bridgehead atoms. The topological polar surface area (TPSA) is 38.3 Å². The quantitative estimate of drug-likeness (QED) is 0.666. The van der Waals surface area contributed by atoms with Gasteiger partial charge in [0.05, 0.1) is 0 Å². The molecule has 2 atom stereocenters. The number of alkyl carbamates (subject to hydrolysis) is 1. The minimum absolute atomic E-state index is 0.243. The minimum atomic E-state index is -0.414. The lowest BCUT2D eigenvalue weighted by Gasteiger charge is -2.19. The van der Waals surface area contributed by atoms with Gasteiger partial charge in [0.25, 0.3) is 0 Å². The fraction of sp³-hybridized carbons (Fsp3) is 0.700. The number of rotatable bonds is 2. The lowest BCUT2D eigenvalue weighted by Crippen LogP contribution is -2.34. The zero-order valence-corrected chi connectivity index (χ0v) is 8.46. The molecular weight excluding hydrogens is 166 g/mol. The maximum Gasteiger partial charge on any atom is 0.407 e. The van der Waals surface area contributed by atoms with Crippen LogP contribution in [0.3, 0.4) is 0 Å². The zero-order chi connectivity index (χ0) is 10.1. The Balaban J connectivity index is 2.23. The largest absolute Gasteiger partial charge is 0.444 e. The molecule has 1 fully saturated rings. The Kier molecular flexibility index (Phi) is 2.64. The lowest BCUT2D eigenvalue weighted by atomic mass is 10.2. The Morgan fingerprint density at radius 1 is 1.62 bits per heavy atom. The highest BCUT2D eigenvalue weighted by Gasteiger charge is 2.36. The van der Waals surface area contributed by atoms with E-state index in [2.05, 4.69) is 11.9 Å². The summed E-state index contributed by atoms with van der Waals surface area (Å²) < 4.78 is 5.10. The van der Waals surface area contributed by atoms with Gasteiger partial charge in [-0.1, -0.05) is 6.08 Å². The molecule has 1 saturated carbocycles. The number of carbonyl (C=O) groups is 1. The van der Waals surface area contributed by atoms with E-state index in [0.717, 1.165) is 6.42 Å². The van der Waals surface area contributed by atoms with E-state index >= 15 is 0 Å². The lowest BCUT2D eigenvalue weighted by molar-refractivity contribution is 0.0522. The molecule has 0 aromatic rings. The molecule has 0 spiro atoms. The summed E-state index contributed by atoms with van der Waals surface area (Å²) in [6.07, 6.45) is 2.52. The van der Waals surface area contributed by atoms with Crippen LogP contribution in [0.2, 0.25) is 0 Å². The van der Waals surface area contributed by atoms with Gasteiger partial charge in [-0.2, -0.15) is 0 Å². The van der Waals surface area contributed by atoms with Gasteiger partial charge in [-0.25, -0.2) is 4.79 Å². The third-order valence-electron chi connectivity index (χ3n) is 1.84. The number of amides is 1. The molecule has 1 rings (SSSR count). The first kappa shape index (κ1) is 10.1. The van der Waals surface area contributed by atoms with Crippen molar-refractivity contribution in [2.45, 2.75) is 38.8 Å². The molecule has 1 aliphatic rings. The van der Waals surface area contributed by atoms with Crippen molar-refractivity contribution in [2.24, 2.45) is 5.92 Å². The smallest absolute Gasteiger partial charge is 0.407 e. The van der Waals surface area contributed by atoms with Crippen LogP contribution in [0.5, 0.6) is 0 Å². The summed E-state index contributed by atoms with van der Waals surface area (Å²) in [6.45, 7) is 9.22. The summed E-state index contributed by atoms with van der Waals surface area (Å²) in [6, 6.07) is 0.243. The molecule has 1 aliphatic carbocycles. The number of nitrogens with one attached hydrogen (secondary N) is 1. The second kappa shape index (κ2) is 3.40. The Hall–Kier alpha value is -0.990. The molecule has 1 N–H and O–H groups in total. The molecule has 3 nitrogen and oxygen atoms in total. The van der Waals surface area contributed by atoms with Gasteiger partial charge in [-0.05, 0) is 33.1 Å². The second-order valence-electron chi connectivity index (χ2n) is 4.39. The second-order valence-corrected chi connectivity index (χ2v) is 4.39. The normalized spacial score (nSPS) is 26.4. The predicted molar refractivity (Wildman–Crippen MR) is 51.5 cm³/mol. The molecule has 0 aliphatic heterocycles. The van der Waals surface area contributed by atoms with E-state index in [1.54, 1.807) is 0 Å². The summed E-state index contributed by atoms with van der Waals surface area (Å²) in [7, 11) is 0. The Bertz CT molecular complexity index is 217. The first-order valence-electron chi connectivity index (χ1n) is 4.54. The summed E-state index contributed by atoms with van der Waals surface area (Å²) in [5, 5.41) is 2.78. The van der Waals surface area contributed by atoms with Crippen molar-refractivity contribution in [3.8, 4) is 0 Å². The van der Waals surface area contributed by atoms with Crippen molar-refractivity contribution in [3.63, 3.8) is 0 Å². The maximum atomic E-state index is 11.2. The van der Waals surface area contributed by atoms with Crippen LogP contribution < -0.4 is 5.32 Å². The van der Waals surface area contributed by atoms with Crippen molar-refractivity contribution in [3.05, 3.63) is 12.7 Å². The van der Waals surface area contributed by atoms with Crippen LogP contribution >= 0.6 is 0 Å². The molecule has 1 unspecified atom stereocenters. The van der Waals surface area contributed by atoms with Gasteiger partial charge in [0, 0.05) is 6.04 Å². The number of carbonyl (C=O) groups excluding carboxylic acids is 1. The number of ether oxygens (including phenoxy) is 1. The average molecular weight is 183 g/mol. The van der Waals surface area contributed by atoms with Crippen LogP contribution in [0, 0.1) is 5.92 Å². The third kappa shape index (κ3) is 3.49. The van der Waals surface area contributed by atoms with Gasteiger partial charge in [-0.3, -0.25) is 0 Å². The fourth-order valence-electron chi connectivity index (χ4n) is 1.10. The van der Waals surface area contributed by atoms with Crippen molar-refractivity contribution in [2.75, 3.05) is 0 Å². The molecule has 13 heavy (non-hydrogen) atoms. The van der Waals surface area contributed by atoms with Crippen molar-refractivity contribution < 1.29 is 9.53 Å². The van der Waals surface area contributed by atoms with Crippen molar-refractivity contribution in [1.29, 1.82) is 0 Å². The summed E-state index contributed by atoms with van der Waals surface area (Å²) in [4.78, 5) is 11.2. The minimum Gasteiger partial charge on any atom is -0.444 e. The Labute approximate surface area is 79.2 Å². The van der Waals surface area contributed by atoms with E-state index < -0.39 is 5.60 Å². The number of hydrogen-bond acceptors (Lipinski definition) is 2. The van der Waals surface area contributed by atoms with Crippen LogP contribution in [-0.4, -0.2) is 17.7 Å². The highest BCUT2D eigenvalue weighted by Crippen LogP contribution is 2.31. The highest BCUT2D eigenvalue weighted by atomic mass is 16.6. The van der Waals surface area contributed by atoms with E-state index in [1.807, 2.05) is 26.8 Å². The van der Waals surface area contributed by atoms with E-state index in [-0.39, 0.29) is 12.1 Å². The zero-order valence-electron chi connectivity index (χ0n) is 8.46. The van der Waals surface area contributed by atoms with Gasteiger partial charge in [-0.15, -0.1) is 6.58 Å². The average Bonchev–Trinajstić information content (AvgIpc) is 2.62. The van der Waals surface area contributed by atoms with Crippen LogP contribution in [0.25, 0.3) is 0 Å². The highest BCUT2D eigenvalue weighted by molar-refractivity contribution is 5.68. The van der Waals surface area contributed by atoms with E-state index in [9.17, 15) is 4.79 Å². The van der Waals surface area contributed by atoms with Crippen LogP contribution in [0.1, 0.15) is 27.2 Å². The molecule has 0 aromatic heterocycles. The first-order valence-corrected chi connectivity index (χ1v) is 4.54. The Morgan fingerprint density at radius 3 is 2.62 bits per heavy atom. The molecular formula is C10H17NO2. The van der Waals surface area contributed by atoms with Crippen molar-refractivity contribution in [1.82, 2.24) is 5.32 Å². The van der Waals surface area contributed by atoms with Gasteiger partial charge in [0.15, 0.2) is 0 Å². The summed E-state index contributed by atoms with van der Waals surface area (Å²) in [5.41, 5.74) is -0.414. The Morgan fingerprint density at radius 2 is 2.23 bits per heavy atom. The molecule has 3 heteroatoms. The third-order valence-corrected chi connectivity index (χ3v) is 1.84. The molecule has 0 heterocycles. The molecule has 0 saturated heterocycles. The van der Waals surface area contributed by atoms with Crippen LogP contribution in [0.4, 0.5) is 4.79 Å². The first-order chi connectivity index (χ1) is 5.92. The predicted octanol–water partition coefficient (Wildman–Crippen LogP) is 2.09. The van der Waals surface area contributed by atoms with Crippen LogP contribution in [-0.2, 0) is 4.74 Å². The molecule has 0 aromatic carbocycles. The van der Waals surface area contributed by atoms with Gasteiger partial charge >= 0.3 is 6.09 Å². The van der Waals surface area contributed by atoms with Crippen molar-refractivity contribution >= 4 is 6.09 Å². The molecule has 74 valence electrons. The van der Waals surface area contributed by atoms with Gasteiger partial charge in [0.1, 0.15) is 5.60 Å². The monoisotopic (exact) mass is 183 g/mol. The SMILES string of the molecule is C=C[C@@H]1CC1NC(=O)OC(C)(C)C. The van der Waals surface area contributed by atoms with Crippen LogP contribution in [0.15, 0.2) is 12.7 Å². The van der Waals surface area contributed by atoms with E-state index in [1.165, 1.54) is 0 Å².